The van der Waals surface area contributed by atoms with Crippen LogP contribution in [-0.4, -0.2) is 4.98 Å². The minimum absolute atomic E-state index is 0.964. The monoisotopic (exact) mass is 183 g/mol. The molecule has 1 heteroatoms. The van der Waals surface area contributed by atoms with Gasteiger partial charge in [-0.1, -0.05) is 36.9 Å². The lowest BCUT2D eigenvalue weighted by molar-refractivity contribution is 1.18. The summed E-state index contributed by atoms with van der Waals surface area (Å²) in [5.41, 5.74) is 3.75. The van der Waals surface area contributed by atoms with Crippen LogP contribution in [0.15, 0.2) is 49.2 Å². The van der Waals surface area contributed by atoms with Crippen molar-refractivity contribution in [2.75, 3.05) is 0 Å². The molecule has 0 aliphatic carbocycles. The number of nitrogens with one attached hydrogen (secondary N) is 1. The fraction of sp³-hybridized carbons (Fsp3) is 0.0769. The van der Waals surface area contributed by atoms with Gasteiger partial charge >= 0.3 is 0 Å². The highest BCUT2D eigenvalue weighted by atomic mass is 14.7. The maximum atomic E-state index is 3.77. The number of benzene rings is 1. The SMILES string of the molecule is C=Cc1[nH]ccc1Cc1ccccc1. The second-order valence-corrected chi connectivity index (χ2v) is 3.28. The van der Waals surface area contributed by atoms with Gasteiger partial charge in [-0.3, -0.25) is 0 Å². The van der Waals surface area contributed by atoms with Gasteiger partial charge in [-0.2, -0.15) is 0 Å². The number of H-pyrrole nitrogens is 1. The molecule has 0 unspecified atom stereocenters. The minimum Gasteiger partial charge on any atom is -0.361 e. The molecule has 70 valence electrons. The van der Waals surface area contributed by atoms with Crippen LogP contribution in [0, 0.1) is 0 Å². The van der Waals surface area contributed by atoms with Crippen LogP contribution < -0.4 is 0 Å². The van der Waals surface area contributed by atoms with Crippen LogP contribution in [-0.2, 0) is 6.42 Å². The lowest BCUT2D eigenvalue weighted by Crippen LogP contribution is -1.87. The van der Waals surface area contributed by atoms with Gasteiger partial charge in [-0.25, -0.2) is 0 Å². The average molecular weight is 183 g/mol. The molecule has 1 aromatic carbocycles. The van der Waals surface area contributed by atoms with E-state index in [1.54, 1.807) is 0 Å². The third kappa shape index (κ3) is 1.77. The molecule has 0 spiro atoms. The minimum atomic E-state index is 0.964. The molecule has 1 N–H and O–H groups in total. The topological polar surface area (TPSA) is 15.8 Å². The van der Waals surface area contributed by atoms with Crippen LogP contribution in [0.25, 0.3) is 6.08 Å². The Morgan fingerprint density at radius 3 is 2.64 bits per heavy atom. The number of rotatable bonds is 3. The lowest BCUT2D eigenvalue weighted by Gasteiger charge is -2.00. The van der Waals surface area contributed by atoms with Crippen LogP contribution in [0.4, 0.5) is 0 Å². The van der Waals surface area contributed by atoms with Crippen LogP contribution >= 0.6 is 0 Å². The Morgan fingerprint density at radius 1 is 1.14 bits per heavy atom. The zero-order valence-electron chi connectivity index (χ0n) is 8.03. The molecule has 0 bridgehead atoms. The van der Waals surface area contributed by atoms with Gasteiger partial charge in [-0.05, 0) is 29.7 Å². The molecular weight excluding hydrogens is 170 g/mol. The quantitative estimate of drug-likeness (QED) is 0.751. The summed E-state index contributed by atoms with van der Waals surface area (Å²) in [4.78, 5) is 3.16. The summed E-state index contributed by atoms with van der Waals surface area (Å²) in [6.45, 7) is 3.77. The first kappa shape index (κ1) is 8.82. The summed E-state index contributed by atoms with van der Waals surface area (Å²) in [5.74, 6) is 0. The van der Waals surface area contributed by atoms with Crippen molar-refractivity contribution >= 4 is 6.08 Å². The first-order valence-corrected chi connectivity index (χ1v) is 4.73. The molecule has 0 atom stereocenters. The van der Waals surface area contributed by atoms with Crippen molar-refractivity contribution in [1.82, 2.24) is 4.98 Å². The van der Waals surface area contributed by atoms with E-state index in [9.17, 15) is 0 Å². The summed E-state index contributed by atoms with van der Waals surface area (Å²) < 4.78 is 0. The zero-order valence-corrected chi connectivity index (χ0v) is 8.03. The first-order chi connectivity index (χ1) is 6.90. The number of aromatic amines is 1. The molecule has 0 aliphatic rings. The predicted octanol–water partition coefficient (Wildman–Crippen LogP) is 3.25. The molecule has 0 aliphatic heterocycles. The highest BCUT2D eigenvalue weighted by Crippen LogP contribution is 2.13. The molecule has 14 heavy (non-hydrogen) atoms. The van der Waals surface area contributed by atoms with Gasteiger partial charge in [0.1, 0.15) is 0 Å². The zero-order chi connectivity index (χ0) is 9.80. The van der Waals surface area contributed by atoms with E-state index >= 15 is 0 Å². The van der Waals surface area contributed by atoms with Gasteiger partial charge in [-0.15, -0.1) is 0 Å². The summed E-state index contributed by atoms with van der Waals surface area (Å²) in [5, 5.41) is 0. The molecule has 0 saturated heterocycles. The fourth-order valence-electron chi connectivity index (χ4n) is 1.57. The van der Waals surface area contributed by atoms with Gasteiger partial charge < -0.3 is 4.98 Å². The summed E-state index contributed by atoms with van der Waals surface area (Å²) in [6.07, 6.45) is 4.78. The highest BCUT2D eigenvalue weighted by Gasteiger charge is 2.00. The Morgan fingerprint density at radius 2 is 1.93 bits per heavy atom. The van der Waals surface area contributed by atoms with Crippen molar-refractivity contribution in [2.24, 2.45) is 0 Å². The van der Waals surface area contributed by atoms with Crippen molar-refractivity contribution in [3.05, 3.63) is 66.0 Å². The largest absolute Gasteiger partial charge is 0.361 e. The maximum Gasteiger partial charge on any atom is 0.0410 e. The Hall–Kier alpha value is -1.76. The van der Waals surface area contributed by atoms with Gasteiger partial charge in [0.05, 0.1) is 0 Å². The van der Waals surface area contributed by atoms with Crippen molar-refractivity contribution in [2.45, 2.75) is 6.42 Å². The standard InChI is InChI=1S/C13H13N/c1-2-13-12(8-9-14-13)10-11-6-4-3-5-7-11/h2-9,14H,1,10H2. The van der Waals surface area contributed by atoms with Crippen LogP contribution in [0.2, 0.25) is 0 Å². The summed E-state index contributed by atoms with van der Waals surface area (Å²) in [7, 11) is 0. The summed E-state index contributed by atoms with van der Waals surface area (Å²) in [6, 6.07) is 12.5. The van der Waals surface area contributed by atoms with E-state index in [0.29, 0.717) is 0 Å². The Balaban J connectivity index is 2.23. The molecule has 0 saturated carbocycles. The predicted molar refractivity (Wildman–Crippen MR) is 60.1 cm³/mol. The molecule has 1 nitrogen and oxygen atoms in total. The molecule has 1 aromatic heterocycles. The number of hydrogen-bond donors (Lipinski definition) is 1. The Kier molecular flexibility index (Phi) is 2.50. The van der Waals surface area contributed by atoms with Gasteiger partial charge in [0.15, 0.2) is 0 Å². The molecular formula is C13H13N. The van der Waals surface area contributed by atoms with E-state index in [4.69, 9.17) is 0 Å². The van der Waals surface area contributed by atoms with Crippen LogP contribution in [0.1, 0.15) is 16.8 Å². The van der Waals surface area contributed by atoms with Gasteiger partial charge in [0.2, 0.25) is 0 Å². The molecule has 0 radical (unpaired) electrons. The molecule has 1 heterocycles. The Bertz CT molecular complexity index is 412. The lowest BCUT2D eigenvalue weighted by atomic mass is 10.1. The third-order valence-electron chi connectivity index (χ3n) is 2.31. The van der Waals surface area contributed by atoms with E-state index in [0.717, 1.165) is 12.1 Å². The molecule has 2 rings (SSSR count). The normalized spacial score (nSPS) is 10.0. The maximum absolute atomic E-state index is 3.77. The highest BCUT2D eigenvalue weighted by molar-refractivity contribution is 5.48. The van der Waals surface area contributed by atoms with Crippen LogP contribution in [0.3, 0.4) is 0 Å². The Labute approximate surface area is 84.1 Å². The van der Waals surface area contributed by atoms with Crippen molar-refractivity contribution < 1.29 is 0 Å². The van der Waals surface area contributed by atoms with Crippen molar-refractivity contribution in [3.63, 3.8) is 0 Å². The summed E-state index contributed by atoms with van der Waals surface area (Å²) >= 11 is 0. The smallest absolute Gasteiger partial charge is 0.0410 e. The number of hydrogen-bond acceptors (Lipinski definition) is 0. The van der Waals surface area contributed by atoms with Crippen molar-refractivity contribution in [1.29, 1.82) is 0 Å². The second kappa shape index (κ2) is 3.97. The first-order valence-electron chi connectivity index (χ1n) is 4.73. The molecule has 2 aromatic rings. The van der Waals surface area contributed by atoms with Gasteiger partial charge in [0.25, 0.3) is 0 Å². The fourth-order valence-corrected chi connectivity index (χ4v) is 1.57. The van der Waals surface area contributed by atoms with Crippen molar-refractivity contribution in [3.8, 4) is 0 Å². The van der Waals surface area contributed by atoms with Gasteiger partial charge in [0, 0.05) is 11.9 Å². The number of aromatic nitrogens is 1. The second-order valence-electron chi connectivity index (χ2n) is 3.28. The van der Waals surface area contributed by atoms with E-state index in [1.807, 2.05) is 18.3 Å². The third-order valence-corrected chi connectivity index (χ3v) is 2.31. The van der Waals surface area contributed by atoms with E-state index in [2.05, 4.69) is 41.9 Å². The van der Waals surface area contributed by atoms with Crippen LogP contribution in [0.5, 0.6) is 0 Å². The van der Waals surface area contributed by atoms with E-state index < -0.39 is 0 Å². The van der Waals surface area contributed by atoms with E-state index in [-0.39, 0.29) is 0 Å². The molecule has 0 fully saturated rings. The average Bonchev–Trinajstić information content (AvgIpc) is 2.67. The van der Waals surface area contributed by atoms with E-state index in [1.165, 1.54) is 11.1 Å². The molecule has 0 amide bonds.